The lowest BCUT2D eigenvalue weighted by Crippen LogP contribution is -2.14. The Kier molecular flexibility index (Phi) is 3.80. The number of thioether (sulfide) groups is 1. The third kappa shape index (κ3) is 2.85. The molecule has 1 N–H and O–H groups in total. The minimum atomic E-state index is -0.0529. The van der Waals surface area contributed by atoms with Crippen molar-refractivity contribution in [3.05, 3.63) is 69.6 Å². The zero-order valence-corrected chi connectivity index (χ0v) is 12.8. The van der Waals surface area contributed by atoms with Crippen molar-refractivity contribution in [3.63, 3.8) is 0 Å². The number of nitrogens with zero attached hydrogens (tertiary/aromatic N) is 1. The molecule has 0 amide bonds. The summed E-state index contributed by atoms with van der Waals surface area (Å²) in [4.78, 5) is 19.0. The molecule has 0 saturated carbocycles. The van der Waals surface area contributed by atoms with Crippen LogP contribution < -0.4 is 5.56 Å². The lowest BCUT2D eigenvalue weighted by molar-refractivity contribution is 0.883. The summed E-state index contributed by atoms with van der Waals surface area (Å²) in [5, 5.41) is 3.16. The smallest absolute Gasteiger partial charge is 0.254 e. The summed E-state index contributed by atoms with van der Waals surface area (Å²) in [6, 6.07) is 14.6. The van der Waals surface area contributed by atoms with E-state index in [9.17, 15) is 4.79 Å². The van der Waals surface area contributed by atoms with Crippen LogP contribution in [0.1, 0.15) is 16.8 Å². The Hall–Kier alpha value is -2.07. The highest BCUT2D eigenvalue weighted by molar-refractivity contribution is 7.98. The van der Waals surface area contributed by atoms with Gasteiger partial charge in [-0.1, -0.05) is 54.2 Å². The van der Waals surface area contributed by atoms with Gasteiger partial charge in [-0.15, -0.1) is 0 Å². The molecule has 3 nitrogen and oxygen atoms in total. The highest BCUT2D eigenvalue weighted by Crippen LogP contribution is 2.25. The Morgan fingerprint density at radius 2 is 1.86 bits per heavy atom. The molecule has 0 atom stereocenters. The van der Waals surface area contributed by atoms with E-state index in [0.717, 1.165) is 11.4 Å². The summed E-state index contributed by atoms with van der Waals surface area (Å²) in [6.45, 7) is 3.66. The summed E-state index contributed by atoms with van der Waals surface area (Å²) in [6.07, 6.45) is 0. The van der Waals surface area contributed by atoms with Crippen LogP contribution in [0.15, 0.2) is 52.4 Å². The van der Waals surface area contributed by atoms with E-state index in [1.165, 1.54) is 16.3 Å². The molecular formula is C17H16N2OS. The van der Waals surface area contributed by atoms with Gasteiger partial charge in [-0.3, -0.25) is 4.79 Å². The van der Waals surface area contributed by atoms with Crippen LogP contribution in [0.4, 0.5) is 0 Å². The number of aromatic amines is 1. The van der Waals surface area contributed by atoms with Gasteiger partial charge in [0.05, 0.1) is 0 Å². The predicted molar refractivity (Wildman–Crippen MR) is 87.8 cm³/mol. The van der Waals surface area contributed by atoms with E-state index in [1.807, 2.05) is 19.1 Å². The zero-order chi connectivity index (χ0) is 14.8. The van der Waals surface area contributed by atoms with Crippen molar-refractivity contribution in [2.45, 2.75) is 24.8 Å². The Morgan fingerprint density at radius 3 is 2.67 bits per heavy atom. The first kappa shape index (κ1) is 13.9. The Morgan fingerprint density at radius 1 is 1.10 bits per heavy atom. The number of fused-ring (bicyclic) bond motifs is 1. The van der Waals surface area contributed by atoms with Gasteiger partial charge < -0.3 is 4.98 Å². The normalized spacial score (nSPS) is 11.0. The molecule has 1 aromatic heterocycles. The summed E-state index contributed by atoms with van der Waals surface area (Å²) in [5.41, 5.74) is 2.67. The molecule has 0 aliphatic carbocycles. The van der Waals surface area contributed by atoms with Crippen molar-refractivity contribution in [2.75, 3.05) is 0 Å². The Balaban J connectivity index is 1.89. The largest absolute Gasteiger partial charge is 0.301 e. The van der Waals surface area contributed by atoms with E-state index >= 15 is 0 Å². The van der Waals surface area contributed by atoms with E-state index < -0.39 is 0 Å². The lowest BCUT2D eigenvalue weighted by Gasteiger charge is -2.07. The van der Waals surface area contributed by atoms with Crippen molar-refractivity contribution in [2.24, 2.45) is 0 Å². The molecule has 0 aliphatic rings. The SMILES string of the molecule is Cc1nc(SCc2cccc3ccccc23)[nH]c(=O)c1C. The fraction of sp³-hybridized carbons (Fsp3) is 0.176. The molecule has 0 bridgehead atoms. The monoisotopic (exact) mass is 296 g/mol. The van der Waals surface area contributed by atoms with Crippen LogP contribution in [0.3, 0.4) is 0 Å². The summed E-state index contributed by atoms with van der Waals surface area (Å²) in [5.74, 6) is 0.785. The number of aryl methyl sites for hydroxylation is 1. The number of nitrogens with one attached hydrogen (secondary N) is 1. The topological polar surface area (TPSA) is 45.8 Å². The fourth-order valence-corrected chi connectivity index (χ4v) is 3.16. The predicted octanol–water partition coefficient (Wildman–Crippen LogP) is 3.83. The maximum atomic E-state index is 11.8. The molecule has 2 aromatic carbocycles. The molecule has 0 saturated heterocycles. The van der Waals surface area contributed by atoms with Crippen LogP contribution in [0.25, 0.3) is 10.8 Å². The molecule has 0 spiro atoms. The third-order valence-corrected chi connectivity index (χ3v) is 4.54. The summed E-state index contributed by atoms with van der Waals surface area (Å²) >= 11 is 1.56. The van der Waals surface area contributed by atoms with Gasteiger partial charge in [0.1, 0.15) is 0 Å². The standard InChI is InChI=1S/C17H16N2OS/c1-11-12(2)18-17(19-16(11)20)21-10-14-8-5-7-13-6-3-4-9-15(13)14/h3-9H,10H2,1-2H3,(H,18,19,20). The third-order valence-electron chi connectivity index (χ3n) is 3.62. The number of hydrogen-bond acceptors (Lipinski definition) is 3. The van der Waals surface area contributed by atoms with Crippen molar-refractivity contribution in [1.29, 1.82) is 0 Å². The van der Waals surface area contributed by atoms with Crippen molar-refractivity contribution >= 4 is 22.5 Å². The zero-order valence-electron chi connectivity index (χ0n) is 12.0. The first-order chi connectivity index (χ1) is 10.1. The molecule has 0 radical (unpaired) electrons. The van der Waals surface area contributed by atoms with Crippen LogP contribution in [-0.2, 0) is 5.75 Å². The molecule has 3 rings (SSSR count). The van der Waals surface area contributed by atoms with Crippen LogP contribution in [0.5, 0.6) is 0 Å². The number of hydrogen-bond donors (Lipinski definition) is 1. The Bertz CT molecular complexity index is 850. The fourth-order valence-electron chi connectivity index (χ4n) is 2.25. The minimum Gasteiger partial charge on any atom is -0.301 e. The summed E-state index contributed by atoms with van der Waals surface area (Å²) < 4.78 is 0. The molecular weight excluding hydrogens is 280 g/mol. The van der Waals surface area contributed by atoms with Crippen molar-refractivity contribution < 1.29 is 0 Å². The molecule has 21 heavy (non-hydrogen) atoms. The van der Waals surface area contributed by atoms with Crippen molar-refractivity contribution in [3.8, 4) is 0 Å². The second kappa shape index (κ2) is 5.74. The van der Waals surface area contributed by atoms with Gasteiger partial charge in [0.15, 0.2) is 5.16 Å². The first-order valence-corrected chi connectivity index (χ1v) is 7.80. The maximum Gasteiger partial charge on any atom is 0.254 e. The molecule has 4 heteroatoms. The van der Waals surface area contributed by atoms with Crippen LogP contribution >= 0.6 is 11.8 Å². The highest BCUT2D eigenvalue weighted by Gasteiger charge is 2.06. The van der Waals surface area contributed by atoms with E-state index in [2.05, 4.69) is 40.3 Å². The molecule has 106 valence electrons. The van der Waals surface area contributed by atoms with Crippen LogP contribution in [0.2, 0.25) is 0 Å². The van der Waals surface area contributed by atoms with E-state index in [1.54, 1.807) is 18.7 Å². The van der Waals surface area contributed by atoms with E-state index in [0.29, 0.717) is 10.7 Å². The lowest BCUT2D eigenvalue weighted by atomic mass is 10.1. The quantitative estimate of drug-likeness (QED) is 0.590. The maximum absolute atomic E-state index is 11.8. The molecule has 1 heterocycles. The summed E-state index contributed by atoms with van der Waals surface area (Å²) in [7, 11) is 0. The molecule has 0 fully saturated rings. The number of aromatic nitrogens is 2. The van der Waals surface area contributed by atoms with Gasteiger partial charge in [0.25, 0.3) is 5.56 Å². The van der Waals surface area contributed by atoms with Gasteiger partial charge in [0, 0.05) is 17.0 Å². The average Bonchev–Trinajstić information content (AvgIpc) is 2.50. The first-order valence-electron chi connectivity index (χ1n) is 6.82. The second-order valence-corrected chi connectivity index (χ2v) is 5.97. The molecule has 3 aromatic rings. The minimum absolute atomic E-state index is 0.0529. The van der Waals surface area contributed by atoms with Gasteiger partial charge in [0.2, 0.25) is 0 Å². The number of benzene rings is 2. The second-order valence-electron chi connectivity index (χ2n) is 5.01. The van der Waals surface area contributed by atoms with Gasteiger partial charge >= 0.3 is 0 Å². The van der Waals surface area contributed by atoms with Gasteiger partial charge in [-0.2, -0.15) is 0 Å². The molecule has 0 unspecified atom stereocenters. The Labute approximate surface area is 127 Å². The van der Waals surface area contributed by atoms with E-state index in [-0.39, 0.29) is 5.56 Å². The average molecular weight is 296 g/mol. The van der Waals surface area contributed by atoms with Gasteiger partial charge in [-0.25, -0.2) is 4.98 Å². The molecule has 0 aliphatic heterocycles. The number of H-pyrrole nitrogens is 1. The van der Waals surface area contributed by atoms with Crippen LogP contribution in [0, 0.1) is 13.8 Å². The van der Waals surface area contributed by atoms with E-state index in [4.69, 9.17) is 0 Å². The highest BCUT2D eigenvalue weighted by atomic mass is 32.2. The van der Waals surface area contributed by atoms with Gasteiger partial charge in [-0.05, 0) is 30.2 Å². The number of rotatable bonds is 3. The van der Waals surface area contributed by atoms with Crippen molar-refractivity contribution in [1.82, 2.24) is 9.97 Å². The van der Waals surface area contributed by atoms with Crippen LogP contribution in [-0.4, -0.2) is 9.97 Å².